The number of aryl methyl sites for hydroxylation is 1. The number of likely N-dealkylation sites (tertiary alicyclic amines) is 1. The minimum atomic E-state index is -2.77. The molecule has 1 saturated heterocycles. The van der Waals surface area contributed by atoms with Crippen LogP contribution in [0.5, 0.6) is 0 Å². The Morgan fingerprint density at radius 1 is 1.12 bits per heavy atom. The molecule has 0 bridgehead atoms. The predicted octanol–water partition coefficient (Wildman–Crippen LogP) is 5.58. The van der Waals surface area contributed by atoms with Gasteiger partial charge >= 0.3 is 0 Å². The quantitative estimate of drug-likeness (QED) is 0.343. The van der Waals surface area contributed by atoms with Gasteiger partial charge < -0.3 is 9.55 Å². The summed E-state index contributed by atoms with van der Waals surface area (Å²) in [5.41, 5.74) is 3.24. The van der Waals surface area contributed by atoms with Gasteiger partial charge in [-0.1, -0.05) is 19.1 Å². The van der Waals surface area contributed by atoms with Gasteiger partial charge in [-0.15, -0.1) is 10.2 Å². The van der Waals surface area contributed by atoms with Gasteiger partial charge in [-0.25, -0.2) is 8.78 Å². The number of nitrogens with zero attached hydrogens (tertiary/aromatic N) is 5. The van der Waals surface area contributed by atoms with Gasteiger partial charge in [-0.2, -0.15) is 0 Å². The molecule has 210 valence electrons. The van der Waals surface area contributed by atoms with Gasteiger partial charge in [0.2, 0.25) is 0 Å². The Hall–Kier alpha value is -3.33. The lowest BCUT2D eigenvalue weighted by Gasteiger charge is -2.46. The van der Waals surface area contributed by atoms with Crippen molar-refractivity contribution < 1.29 is 8.78 Å². The Balaban J connectivity index is 1.31. The molecule has 40 heavy (non-hydrogen) atoms. The van der Waals surface area contributed by atoms with Crippen LogP contribution < -0.4 is 5.56 Å². The van der Waals surface area contributed by atoms with Crippen LogP contribution >= 0.6 is 0 Å². The molecule has 9 heteroatoms. The number of aromatic amines is 1. The summed E-state index contributed by atoms with van der Waals surface area (Å²) in [5.74, 6) is -0.422. The van der Waals surface area contributed by atoms with Gasteiger partial charge in [0.25, 0.3) is 11.5 Å². The number of piperidine rings is 1. The Kier molecular flexibility index (Phi) is 5.82. The van der Waals surface area contributed by atoms with Crippen LogP contribution in [0.2, 0.25) is 0 Å². The van der Waals surface area contributed by atoms with Gasteiger partial charge in [0.15, 0.2) is 0 Å². The molecule has 4 aromatic rings. The topological polar surface area (TPSA) is 71.7 Å². The lowest BCUT2D eigenvalue weighted by molar-refractivity contribution is -0.116. The number of benzene rings is 1. The van der Waals surface area contributed by atoms with E-state index >= 15 is 0 Å². The summed E-state index contributed by atoms with van der Waals surface area (Å²) in [6.45, 7) is 7.09. The molecule has 0 amide bonds. The lowest BCUT2D eigenvalue weighted by atomic mass is 9.61. The van der Waals surface area contributed by atoms with Crippen molar-refractivity contribution in [3.63, 3.8) is 0 Å². The average Bonchev–Trinajstić information content (AvgIpc) is 3.57. The van der Waals surface area contributed by atoms with Crippen LogP contribution in [0.15, 0.2) is 41.3 Å². The second kappa shape index (κ2) is 9.09. The number of fused-ring (bicyclic) bond motifs is 1. The number of H-pyrrole nitrogens is 1. The average molecular weight is 547 g/mol. The Morgan fingerprint density at radius 2 is 1.93 bits per heavy atom. The number of halogens is 2. The van der Waals surface area contributed by atoms with Crippen molar-refractivity contribution in [3.8, 4) is 5.69 Å². The van der Waals surface area contributed by atoms with Crippen LogP contribution in [0.1, 0.15) is 79.8 Å². The first-order valence-corrected chi connectivity index (χ1v) is 14.5. The maximum absolute atomic E-state index is 14.4. The molecule has 0 unspecified atom stereocenters. The highest BCUT2D eigenvalue weighted by Crippen LogP contribution is 2.56. The summed E-state index contributed by atoms with van der Waals surface area (Å²) >= 11 is 0. The van der Waals surface area contributed by atoms with Crippen molar-refractivity contribution >= 4 is 10.9 Å². The van der Waals surface area contributed by atoms with Gasteiger partial charge in [0.05, 0.1) is 5.41 Å². The first-order chi connectivity index (χ1) is 19.1. The van der Waals surface area contributed by atoms with E-state index < -0.39 is 11.3 Å². The molecule has 1 atom stereocenters. The number of hydrogen-bond donors (Lipinski definition) is 1. The largest absolute Gasteiger partial charge is 0.353 e. The van der Waals surface area contributed by atoms with E-state index in [1.807, 2.05) is 44.4 Å². The first kappa shape index (κ1) is 25.6. The van der Waals surface area contributed by atoms with Crippen molar-refractivity contribution in [2.24, 2.45) is 13.0 Å². The van der Waals surface area contributed by atoms with Gasteiger partial charge in [-0.05, 0) is 80.3 Å². The SMILES string of the molecule is Cc1nnc(C2(c3cccc(-n4cc(C5CC5)c5cc(CN6CCC[C@H](C)C6)[nH]c5c4=O)c3)CC(F)(F)C2)n1C. The molecule has 4 heterocycles. The van der Waals surface area contributed by atoms with E-state index in [4.69, 9.17) is 0 Å². The van der Waals surface area contributed by atoms with Crippen LogP contribution in [-0.2, 0) is 19.0 Å². The van der Waals surface area contributed by atoms with E-state index in [-0.39, 0.29) is 18.4 Å². The van der Waals surface area contributed by atoms with Crippen molar-refractivity contribution in [3.05, 3.63) is 75.4 Å². The third-order valence-corrected chi connectivity index (χ3v) is 9.36. The number of rotatable bonds is 6. The van der Waals surface area contributed by atoms with Crippen molar-refractivity contribution in [1.82, 2.24) is 29.2 Å². The van der Waals surface area contributed by atoms with E-state index in [9.17, 15) is 13.6 Å². The molecule has 1 aliphatic heterocycles. The standard InChI is InChI=1S/C31H36F2N6O/c1-19-6-5-11-38(14-19)15-23-13-25-26(21-9-10-21)16-39(28(40)27(25)34-23)24-8-4-7-22(12-24)30(17-31(32,33)18-30)29-36-35-20(2)37(29)3/h4,7-8,12-13,16,19,21,34H,5-6,9-11,14-15,17-18H2,1-3H3/t19-/m0/s1. The summed E-state index contributed by atoms with van der Waals surface area (Å²) in [7, 11) is 1.82. The molecule has 3 fully saturated rings. The normalized spacial score (nSPS) is 22.5. The Morgan fingerprint density at radius 3 is 2.60 bits per heavy atom. The van der Waals surface area contributed by atoms with Crippen LogP contribution in [0, 0.1) is 12.8 Å². The Bertz CT molecular complexity index is 1650. The maximum atomic E-state index is 14.4. The number of nitrogens with one attached hydrogen (secondary N) is 1. The van der Waals surface area contributed by atoms with Crippen molar-refractivity contribution in [1.29, 1.82) is 0 Å². The highest BCUT2D eigenvalue weighted by molar-refractivity contribution is 5.84. The van der Waals surface area contributed by atoms with Gasteiger partial charge in [-0.3, -0.25) is 14.3 Å². The maximum Gasteiger partial charge on any atom is 0.279 e. The summed E-state index contributed by atoms with van der Waals surface area (Å²) in [6, 6.07) is 9.69. The fourth-order valence-electron chi connectivity index (χ4n) is 7.06. The van der Waals surface area contributed by atoms with Crippen LogP contribution in [-0.4, -0.2) is 48.2 Å². The zero-order chi connectivity index (χ0) is 27.8. The molecule has 2 saturated carbocycles. The molecule has 7 nitrogen and oxygen atoms in total. The summed E-state index contributed by atoms with van der Waals surface area (Å²) < 4.78 is 32.4. The molecule has 1 N–H and O–H groups in total. The van der Waals surface area contributed by atoms with Crippen molar-refractivity contribution in [2.45, 2.75) is 76.2 Å². The fraction of sp³-hybridized carbons (Fsp3) is 0.516. The lowest BCUT2D eigenvalue weighted by Crippen LogP contribution is -2.51. The minimum absolute atomic E-state index is 0.114. The molecular formula is C31H36F2N6O. The van der Waals surface area contributed by atoms with Gasteiger partial charge in [0, 0.05) is 55.9 Å². The number of alkyl halides is 2. The van der Waals surface area contributed by atoms with E-state index in [0.29, 0.717) is 34.7 Å². The molecular weight excluding hydrogens is 510 g/mol. The summed E-state index contributed by atoms with van der Waals surface area (Å²) in [6.07, 6.45) is 6.03. The minimum Gasteiger partial charge on any atom is -0.353 e. The van der Waals surface area contributed by atoms with Crippen LogP contribution in [0.25, 0.3) is 16.6 Å². The first-order valence-electron chi connectivity index (χ1n) is 14.5. The van der Waals surface area contributed by atoms with E-state index in [2.05, 4.69) is 33.1 Å². The number of pyridine rings is 1. The molecule has 7 rings (SSSR count). The summed E-state index contributed by atoms with van der Waals surface area (Å²) in [4.78, 5) is 19.9. The molecule has 3 aliphatic rings. The summed E-state index contributed by atoms with van der Waals surface area (Å²) in [5, 5.41) is 9.49. The number of hydrogen-bond acceptors (Lipinski definition) is 4. The molecule has 3 aromatic heterocycles. The predicted molar refractivity (Wildman–Crippen MR) is 150 cm³/mol. The molecule has 0 radical (unpaired) electrons. The van der Waals surface area contributed by atoms with Crippen LogP contribution in [0.4, 0.5) is 8.78 Å². The van der Waals surface area contributed by atoms with Crippen molar-refractivity contribution in [2.75, 3.05) is 13.1 Å². The van der Waals surface area contributed by atoms with Crippen LogP contribution in [0.3, 0.4) is 0 Å². The monoisotopic (exact) mass is 546 g/mol. The Labute approximate surface area is 232 Å². The molecule has 2 aliphatic carbocycles. The fourth-order valence-corrected chi connectivity index (χ4v) is 7.06. The second-order valence-corrected chi connectivity index (χ2v) is 12.6. The smallest absolute Gasteiger partial charge is 0.279 e. The van der Waals surface area contributed by atoms with Gasteiger partial charge in [0.1, 0.15) is 17.2 Å². The third kappa shape index (κ3) is 4.21. The van der Waals surface area contributed by atoms with E-state index in [0.717, 1.165) is 49.1 Å². The van der Waals surface area contributed by atoms with E-state index in [1.54, 1.807) is 9.13 Å². The molecule has 0 spiro atoms. The zero-order valence-corrected chi connectivity index (χ0v) is 23.4. The third-order valence-electron chi connectivity index (χ3n) is 9.36. The highest BCUT2D eigenvalue weighted by atomic mass is 19.3. The highest BCUT2D eigenvalue weighted by Gasteiger charge is 2.60. The van der Waals surface area contributed by atoms with E-state index in [1.165, 1.54) is 18.4 Å². The molecule has 1 aromatic carbocycles. The zero-order valence-electron chi connectivity index (χ0n) is 23.4. The number of aromatic nitrogens is 5. The second-order valence-electron chi connectivity index (χ2n) is 12.6.